The van der Waals surface area contributed by atoms with Gasteiger partial charge in [0.15, 0.2) is 5.65 Å². The molecule has 0 bridgehead atoms. The molecule has 0 aliphatic rings. The second kappa shape index (κ2) is 8.45. The average Bonchev–Trinajstić information content (AvgIpc) is 3.06. The molecule has 4 aromatic rings. The molecule has 1 N–H and O–H groups in total. The standard InChI is InChI=1S/C21H21ClN6O3S/c1-4-28(5-2)32(30,31)15-10-11-17-16(12-15)18-19(27(17)3)23-21(26-25-18)24-20(29)13-6-8-14(22)9-7-13/h6-12H,4-5H2,1-3H3,(H,23,24,26,29). The van der Waals surface area contributed by atoms with Crippen LogP contribution < -0.4 is 5.32 Å². The number of carbonyl (C=O) groups excluding carboxylic acids is 1. The van der Waals surface area contributed by atoms with Crippen molar-refractivity contribution in [3.8, 4) is 0 Å². The third kappa shape index (κ3) is 3.81. The molecule has 0 saturated carbocycles. The SMILES string of the molecule is CCN(CC)S(=O)(=O)c1ccc2c(c1)c1nnc(NC(=O)c3ccc(Cl)cc3)nc1n2C. The van der Waals surface area contributed by atoms with Gasteiger partial charge in [-0.3, -0.25) is 10.1 Å². The van der Waals surface area contributed by atoms with Crippen LogP contribution >= 0.6 is 11.6 Å². The third-order valence-corrected chi connectivity index (χ3v) is 7.54. The van der Waals surface area contributed by atoms with E-state index < -0.39 is 15.9 Å². The van der Waals surface area contributed by atoms with Crippen LogP contribution in [0.25, 0.3) is 22.1 Å². The highest BCUT2D eigenvalue weighted by Crippen LogP contribution is 2.29. The van der Waals surface area contributed by atoms with Crippen molar-refractivity contribution in [2.75, 3.05) is 18.4 Å². The predicted octanol–water partition coefficient (Wildman–Crippen LogP) is 3.45. The molecule has 0 saturated heterocycles. The van der Waals surface area contributed by atoms with E-state index in [0.29, 0.717) is 40.2 Å². The lowest BCUT2D eigenvalue weighted by molar-refractivity contribution is 0.102. The summed E-state index contributed by atoms with van der Waals surface area (Å²) in [5, 5.41) is 12.0. The van der Waals surface area contributed by atoms with Crippen molar-refractivity contribution < 1.29 is 13.2 Å². The smallest absolute Gasteiger partial charge is 0.258 e. The predicted molar refractivity (Wildman–Crippen MR) is 123 cm³/mol. The zero-order chi connectivity index (χ0) is 23.0. The van der Waals surface area contributed by atoms with Gasteiger partial charge in [0.2, 0.25) is 10.0 Å². The Morgan fingerprint density at radius 1 is 1.09 bits per heavy atom. The Balaban J connectivity index is 1.74. The summed E-state index contributed by atoms with van der Waals surface area (Å²) in [4.78, 5) is 17.1. The molecule has 2 aromatic heterocycles. The summed E-state index contributed by atoms with van der Waals surface area (Å²) in [5.74, 6) is -0.353. The number of benzene rings is 2. The van der Waals surface area contributed by atoms with E-state index in [0.717, 1.165) is 5.52 Å². The van der Waals surface area contributed by atoms with E-state index in [2.05, 4.69) is 20.5 Å². The number of sulfonamides is 1. The maximum Gasteiger partial charge on any atom is 0.258 e. The number of hydrogen-bond acceptors (Lipinski definition) is 6. The van der Waals surface area contributed by atoms with Gasteiger partial charge in [0.25, 0.3) is 11.9 Å². The van der Waals surface area contributed by atoms with Gasteiger partial charge >= 0.3 is 0 Å². The Morgan fingerprint density at radius 2 is 1.78 bits per heavy atom. The van der Waals surface area contributed by atoms with Gasteiger partial charge in [0.1, 0.15) is 5.52 Å². The molecule has 2 heterocycles. The van der Waals surface area contributed by atoms with Crippen LogP contribution in [-0.2, 0) is 17.1 Å². The number of nitrogens with one attached hydrogen (secondary N) is 1. The number of aromatic nitrogens is 4. The van der Waals surface area contributed by atoms with Crippen molar-refractivity contribution in [2.24, 2.45) is 7.05 Å². The van der Waals surface area contributed by atoms with Crippen molar-refractivity contribution in [2.45, 2.75) is 18.7 Å². The number of nitrogens with zero attached hydrogens (tertiary/aromatic N) is 5. The Kier molecular flexibility index (Phi) is 5.85. The summed E-state index contributed by atoms with van der Waals surface area (Å²) >= 11 is 5.86. The molecule has 0 aliphatic heterocycles. The molecule has 0 radical (unpaired) electrons. The maximum atomic E-state index is 12.9. The highest BCUT2D eigenvalue weighted by molar-refractivity contribution is 7.89. The Labute approximate surface area is 190 Å². The Bertz CT molecular complexity index is 1430. The molecule has 2 aromatic carbocycles. The molecule has 0 atom stereocenters. The summed E-state index contributed by atoms with van der Waals surface area (Å²) in [6.07, 6.45) is 0. The molecule has 0 aliphatic carbocycles. The molecule has 166 valence electrons. The van der Waals surface area contributed by atoms with Crippen LogP contribution in [0.1, 0.15) is 24.2 Å². The largest absolute Gasteiger partial charge is 0.327 e. The summed E-state index contributed by atoms with van der Waals surface area (Å²) in [7, 11) is -1.83. The molecule has 32 heavy (non-hydrogen) atoms. The van der Waals surface area contributed by atoms with Crippen molar-refractivity contribution in [3.63, 3.8) is 0 Å². The summed E-state index contributed by atoms with van der Waals surface area (Å²) in [6, 6.07) is 11.3. The van der Waals surface area contributed by atoms with Crippen molar-refractivity contribution >= 4 is 55.5 Å². The fourth-order valence-electron chi connectivity index (χ4n) is 3.54. The number of hydrogen-bond donors (Lipinski definition) is 1. The molecule has 4 rings (SSSR count). The number of anilines is 1. The van der Waals surface area contributed by atoms with Crippen LogP contribution in [0.5, 0.6) is 0 Å². The van der Waals surface area contributed by atoms with Gasteiger partial charge in [-0.25, -0.2) is 8.42 Å². The van der Waals surface area contributed by atoms with Gasteiger partial charge in [-0.1, -0.05) is 25.4 Å². The first kappa shape index (κ1) is 22.1. The fourth-order valence-corrected chi connectivity index (χ4v) is 5.15. The first-order valence-corrected chi connectivity index (χ1v) is 11.8. The summed E-state index contributed by atoms with van der Waals surface area (Å²) < 4.78 is 29.0. The van der Waals surface area contributed by atoms with Crippen molar-refractivity contribution in [3.05, 3.63) is 53.1 Å². The molecule has 9 nitrogen and oxygen atoms in total. The van der Waals surface area contributed by atoms with Crippen LogP contribution in [0.3, 0.4) is 0 Å². The highest BCUT2D eigenvalue weighted by Gasteiger charge is 2.23. The Hall–Kier alpha value is -3.08. The molecule has 0 spiro atoms. The minimum absolute atomic E-state index is 0.0411. The fraction of sp³-hybridized carbons (Fsp3) is 0.238. The second-order valence-corrected chi connectivity index (χ2v) is 9.47. The lowest BCUT2D eigenvalue weighted by atomic mass is 10.2. The highest BCUT2D eigenvalue weighted by atomic mass is 35.5. The van der Waals surface area contributed by atoms with Gasteiger partial charge in [-0.15, -0.1) is 10.2 Å². The first-order chi connectivity index (χ1) is 15.3. The molecular formula is C21H21ClN6O3S. The number of amides is 1. The van der Waals surface area contributed by atoms with E-state index in [9.17, 15) is 13.2 Å². The van der Waals surface area contributed by atoms with Crippen LogP contribution in [0.2, 0.25) is 5.02 Å². The summed E-state index contributed by atoms with van der Waals surface area (Å²) in [5.41, 5.74) is 2.07. The molecule has 11 heteroatoms. The van der Waals surface area contributed by atoms with E-state index in [-0.39, 0.29) is 10.8 Å². The third-order valence-electron chi connectivity index (χ3n) is 5.25. The molecular weight excluding hydrogens is 452 g/mol. The van der Waals surface area contributed by atoms with Gasteiger partial charge in [-0.2, -0.15) is 9.29 Å². The number of fused-ring (bicyclic) bond motifs is 3. The number of aryl methyl sites for hydroxylation is 1. The van der Waals surface area contributed by atoms with E-state index in [1.807, 2.05) is 0 Å². The van der Waals surface area contributed by atoms with E-state index in [1.54, 1.807) is 67.9 Å². The lowest BCUT2D eigenvalue weighted by Crippen LogP contribution is -2.30. The molecule has 1 amide bonds. The maximum absolute atomic E-state index is 12.9. The van der Waals surface area contributed by atoms with E-state index in [1.165, 1.54) is 4.31 Å². The van der Waals surface area contributed by atoms with Gasteiger partial charge in [0.05, 0.1) is 10.4 Å². The second-order valence-electron chi connectivity index (χ2n) is 7.10. The minimum atomic E-state index is -3.62. The van der Waals surface area contributed by atoms with Crippen LogP contribution in [0.15, 0.2) is 47.4 Å². The van der Waals surface area contributed by atoms with Crippen molar-refractivity contribution in [1.82, 2.24) is 24.1 Å². The van der Waals surface area contributed by atoms with Crippen molar-refractivity contribution in [1.29, 1.82) is 0 Å². The summed E-state index contributed by atoms with van der Waals surface area (Å²) in [6.45, 7) is 4.36. The number of carbonyl (C=O) groups is 1. The topological polar surface area (TPSA) is 110 Å². The van der Waals surface area contributed by atoms with Gasteiger partial charge in [-0.05, 0) is 42.5 Å². The minimum Gasteiger partial charge on any atom is -0.327 e. The normalized spacial score (nSPS) is 12.0. The Morgan fingerprint density at radius 3 is 2.44 bits per heavy atom. The number of halogens is 1. The monoisotopic (exact) mass is 472 g/mol. The lowest BCUT2D eigenvalue weighted by Gasteiger charge is -2.18. The van der Waals surface area contributed by atoms with Gasteiger partial charge in [0, 0.05) is 36.1 Å². The quantitative estimate of drug-likeness (QED) is 0.460. The average molecular weight is 473 g/mol. The van der Waals surface area contributed by atoms with E-state index >= 15 is 0 Å². The zero-order valence-electron chi connectivity index (χ0n) is 17.7. The van der Waals surface area contributed by atoms with Crippen LogP contribution in [-0.4, -0.2) is 51.5 Å². The zero-order valence-corrected chi connectivity index (χ0v) is 19.3. The molecule has 0 fully saturated rings. The first-order valence-electron chi connectivity index (χ1n) is 9.96. The number of rotatable bonds is 6. The van der Waals surface area contributed by atoms with Crippen LogP contribution in [0, 0.1) is 0 Å². The van der Waals surface area contributed by atoms with Gasteiger partial charge < -0.3 is 4.57 Å². The van der Waals surface area contributed by atoms with E-state index in [4.69, 9.17) is 11.6 Å². The molecule has 0 unspecified atom stereocenters. The van der Waals surface area contributed by atoms with Crippen LogP contribution in [0.4, 0.5) is 5.95 Å².